The van der Waals surface area contributed by atoms with Crippen LogP contribution in [-0.2, 0) is 14.6 Å². The summed E-state index contributed by atoms with van der Waals surface area (Å²) in [6.45, 7) is 1.36. The molecule has 0 saturated carbocycles. The molecule has 1 amide bonds. The predicted molar refractivity (Wildman–Crippen MR) is 73.2 cm³/mol. The van der Waals surface area contributed by atoms with Gasteiger partial charge in [-0.1, -0.05) is 18.2 Å². The molecule has 19 heavy (non-hydrogen) atoms. The summed E-state index contributed by atoms with van der Waals surface area (Å²) in [7, 11) is -3.52. The van der Waals surface area contributed by atoms with Crippen LogP contribution in [0.2, 0.25) is 0 Å². The van der Waals surface area contributed by atoms with Crippen LogP contribution >= 0.6 is 0 Å². The van der Waals surface area contributed by atoms with Gasteiger partial charge in [-0.25, -0.2) is 8.42 Å². The first-order chi connectivity index (χ1) is 8.97. The molecule has 0 fully saturated rings. The van der Waals surface area contributed by atoms with Gasteiger partial charge >= 0.3 is 0 Å². The molecule has 1 unspecified atom stereocenters. The van der Waals surface area contributed by atoms with Crippen molar-refractivity contribution < 1.29 is 13.2 Å². The van der Waals surface area contributed by atoms with Crippen molar-refractivity contribution in [2.24, 2.45) is 0 Å². The first-order valence-corrected chi connectivity index (χ1v) is 7.63. The highest BCUT2D eigenvalue weighted by atomic mass is 32.2. The number of nitriles is 1. The molecular weight excluding hydrogens is 264 g/mol. The molecule has 0 aliphatic rings. The normalized spacial score (nSPS) is 12.4. The summed E-state index contributed by atoms with van der Waals surface area (Å²) in [5, 5.41) is 9.82. The fourth-order valence-corrected chi connectivity index (χ4v) is 2.74. The minimum atomic E-state index is -3.52. The number of anilines is 1. The third kappa shape index (κ3) is 4.72. The van der Waals surface area contributed by atoms with Crippen molar-refractivity contribution in [3.8, 4) is 6.07 Å². The zero-order chi connectivity index (χ0) is 14.3. The van der Waals surface area contributed by atoms with E-state index in [1.54, 1.807) is 30.3 Å². The SMILES string of the molecule is CC(C(=O)Nc1ccccc1)S(=O)(=O)CCCC#N. The molecule has 0 bridgehead atoms. The van der Waals surface area contributed by atoms with Gasteiger partial charge in [0, 0.05) is 12.1 Å². The van der Waals surface area contributed by atoms with E-state index in [9.17, 15) is 13.2 Å². The predicted octanol–water partition coefficient (Wildman–Crippen LogP) is 1.73. The van der Waals surface area contributed by atoms with Gasteiger partial charge in [-0.15, -0.1) is 0 Å². The summed E-state index contributed by atoms with van der Waals surface area (Å²) < 4.78 is 23.7. The Labute approximate surface area is 113 Å². The van der Waals surface area contributed by atoms with Gasteiger partial charge in [0.05, 0.1) is 11.8 Å². The number of rotatable bonds is 6. The van der Waals surface area contributed by atoms with Gasteiger partial charge in [-0.05, 0) is 25.5 Å². The van der Waals surface area contributed by atoms with Crippen LogP contribution in [0.15, 0.2) is 30.3 Å². The summed E-state index contributed by atoms with van der Waals surface area (Å²) in [6, 6.07) is 10.6. The molecular formula is C13H16N2O3S. The number of nitrogens with one attached hydrogen (secondary N) is 1. The molecule has 0 aliphatic carbocycles. The number of para-hydroxylation sites is 1. The van der Waals surface area contributed by atoms with Gasteiger partial charge in [0.1, 0.15) is 5.25 Å². The van der Waals surface area contributed by atoms with Crippen LogP contribution in [0.3, 0.4) is 0 Å². The molecule has 102 valence electrons. The fourth-order valence-electron chi connectivity index (χ4n) is 1.46. The van der Waals surface area contributed by atoms with Crippen molar-refractivity contribution in [3.63, 3.8) is 0 Å². The fraction of sp³-hybridized carbons (Fsp3) is 0.385. The smallest absolute Gasteiger partial charge is 0.242 e. The average Bonchev–Trinajstić information content (AvgIpc) is 2.39. The Morgan fingerprint density at radius 3 is 2.58 bits per heavy atom. The Bertz CT molecular complexity index is 561. The minimum absolute atomic E-state index is 0.149. The molecule has 1 atom stereocenters. The van der Waals surface area contributed by atoms with Crippen molar-refractivity contribution in [1.82, 2.24) is 0 Å². The first kappa shape index (κ1) is 15.2. The summed E-state index contributed by atoms with van der Waals surface area (Å²) in [5.41, 5.74) is 0.562. The highest BCUT2D eigenvalue weighted by molar-refractivity contribution is 7.92. The molecule has 0 aromatic heterocycles. The maximum absolute atomic E-state index is 11.9. The number of sulfone groups is 1. The van der Waals surface area contributed by atoms with Crippen LogP contribution in [0.5, 0.6) is 0 Å². The van der Waals surface area contributed by atoms with E-state index in [1.165, 1.54) is 6.92 Å². The maximum atomic E-state index is 11.9. The second-order valence-corrected chi connectivity index (χ2v) is 6.57. The zero-order valence-corrected chi connectivity index (χ0v) is 11.5. The standard InChI is InChI=1S/C13H16N2O3S/c1-11(19(17,18)10-6-5-9-14)13(16)15-12-7-3-2-4-8-12/h2-4,7-8,11H,5-6,10H2,1H3,(H,15,16). The molecule has 0 spiro atoms. The van der Waals surface area contributed by atoms with Crippen LogP contribution in [0.1, 0.15) is 19.8 Å². The largest absolute Gasteiger partial charge is 0.325 e. The minimum Gasteiger partial charge on any atom is -0.325 e. The lowest BCUT2D eigenvalue weighted by Gasteiger charge is -2.12. The molecule has 6 heteroatoms. The second-order valence-electron chi connectivity index (χ2n) is 4.13. The van der Waals surface area contributed by atoms with Gasteiger partial charge in [0.25, 0.3) is 0 Å². The van der Waals surface area contributed by atoms with Gasteiger partial charge in [0.15, 0.2) is 9.84 Å². The molecule has 0 heterocycles. The number of hydrogen-bond donors (Lipinski definition) is 1. The van der Waals surface area contributed by atoms with Crippen molar-refractivity contribution in [3.05, 3.63) is 30.3 Å². The summed E-state index contributed by atoms with van der Waals surface area (Å²) in [4.78, 5) is 11.8. The average molecular weight is 280 g/mol. The lowest BCUT2D eigenvalue weighted by Crippen LogP contribution is -2.34. The van der Waals surface area contributed by atoms with Crippen LogP contribution in [-0.4, -0.2) is 25.3 Å². The summed E-state index contributed by atoms with van der Waals surface area (Å²) in [6.07, 6.45) is 0.425. The van der Waals surface area contributed by atoms with E-state index in [1.807, 2.05) is 6.07 Å². The van der Waals surface area contributed by atoms with Crippen LogP contribution in [0.25, 0.3) is 0 Å². The molecule has 1 aromatic carbocycles. The van der Waals surface area contributed by atoms with Gasteiger partial charge in [-0.2, -0.15) is 5.26 Å². The number of carbonyl (C=O) groups is 1. The van der Waals surface area contributed by atoms with E-state index < -0.39 is 21.0 Å². The van der Waals surface area contributed by atoms with Crippen LogP contribution in [0, 0.1) is 11.3 Å². The molecule has 1 rings (SSSR count). The third-order valence-corrected chi connectivity index (χ3v) is 4.82. The molecule has 0 radical (unpaired) electrons. The monoisotopic (exact) mass is 280 g/mol. The van der Waals surface area contributed by atoms with E-state index in [0.29, 0.717) is 5.69 Å². The topological polar surface area (TPSA) is 87.0 Å². The molecule has 1 N–H and O–H groups in total. The zero-order valence-electron chi connectivity index (χ0n) is 10.7. The molecule has 0 saturated heterocycles. The first-order valence-electron chi connectivity index (χ1n) is 5.92. The van der Waals surface area contributed by atoms with Crippen LogP contribution in [0.4, 0.5) is 5.69 Å². The Hall–Kier alpha value is -1.87. The van der Waals surface area contributed by atoms with E-state index in [4.69, 9.17) is 5.26 Å². The molecule has 5 nitrogen and oxygen atoms in total. The third-order valence-electron chi connectivity index (χ3n) is 2.67. The highest BCUT2D eigenvalue weighted by Gasteiger charge is 2.27. The Morgan fingerprint density at radius 1 is 1.37 bits per heavy atom. The van der Waals surface area contributed by atoms with Crippen molar-refractivity contribution in [1.29, 1.82) is 5.26 Å². The van der Waals surface area contributed by atoms with Gasteiger partial charge in [-0.3, -0.25) is 4.79 Å². The maximum Gasteiger partial charge on any atom is 0.242 e. The summed E-state index contributed by atoms with van der Waals surface area (Å²) in [5.74, 6) is -0.702. The lowest BCUT2D eigenvalue weighted by molar-refractivity contribution is -0.115. The number of benzene rings is 1. The van der Waals surface area contributed by atoms with Crippen molar-refractivity contribution in [2.75, 3.05) is 11.1 Å². The Balaban J connectivity index is 2.64. The van der Waals surface area contributed by atoms with Gasteiger partial charge in [0.2, 0.25) is 5.91 Å². The van der Waals surface area contributed by atoms with Crippen LogP contribution < -0.4 is 5.32 Å². The summed E-state index contributed by atoms with van der Waals surface area (Å²) >= 11 is 0. The Morgan fingerprint density at radius 2 is 2.00 bits per heavy atom. The van der Waals surface area contributed by atoms with E-state index in [0.717, 1.165) is 0 Å². The van der Waals surface area contributed by atoms with Gasteiger partial charge < -0.3 is 5.32 Å². The van der Waals surface area contributed by atoms with Crippen molar-refractivity contribution in [2.45, 2.75) is 25.0 Å². The van der Waals surface area contributed by atoms with E-state index >= 15 is 0 Å². The molecule has 0 aliphatic heterocycles. The van der Waals surface area contributed by atoms with E-state index in [2.05, 4.69) is 5.32 Å². The number of amides is 1. The highest BCUT2D eigenvalue weighted by Crippen LogP contribution is 2.10. The lowest BCUT2D eigenvalue weighted by atomic mass is 10.3. The Kier molecular flexibility index (Phi) is 5.52. The quantitative estimate of drug-likeness (QED) is 0.804. The number of hydrogen-bond acceptors (Lipinski definition) is 4. The van der Waals surface area contributed by atoms with Crippen molar-refractivity contribution >= 4 is 21.4 Å². The number of unbranched alkanes of at least 4 members (excludes halogenated alkanes) is 1. The molecule has 1 aromatic rings. The second kappa shape index (κ2) is 6.90. The van der Waals surface area contributed by atoms with E-state index in [-0.39, 0.29) is 18.6 Å². The number of carbonyl (C=O) groups excluding carboxylic acids is 1. The number of nitrogens with zero attached hydrogens (tertiary/aromatic N) is 1.